The van der Waals surface area contributed by atoms with E-state index in [0.717, 1.165) is 18.7 Å². The predicted octanol–water partition coefficient (Wildman–Crippen LogP) is 1.44. The minimum absolute atomic E-state index is 0.206. The van der Waals surface area contributed by atoms with Gasteiger partial charge in [0.1, 0.15) is 0 Å². The third-order valence-corrected chi connectivity index (χ3v) is 3.16. The molecule has 0 aromatic carbocycles. The normalized spacial score (nSPS) is 11.1. The molecule has 1 aromatic rings. The lowest BCUT2D eigenvalue weighted by atomic mass is 10.2. The number of carbonyl (C=O) groups is 1. The summed E-state index contributed by atoms with van der Waals surface area (Å²) in [6, 6.07) is 1.98. The molecule has 1 heterocycles. The van der Waals surface area contributed by atoms with Gasteiger partial charge in [-0.1, -0.05) is 13.8 Å². The molecule has 0 spiro atoms. The van der Waals surface area contributed by atoms with Crippen LogP contribution < -0.4 is 11.3 Å². The summed E-state index contributed by atoms with van der Waals surface area (Å²) in [7, 11) is 2.06. The molecule has 90 valence electrons. The van der Waals surface area contributed by atoms with Crippen LogP contribution >= 0.6 is 11.3 Å². The van der Waals surface area contributed by atoms with Crippen LogP contribution in [0.4, 0.5) is 0 Å². The number of nitrogen functional groups attached to an aromatic ring is 1. The smallest absolute Gasteiger partial charge is 0.275 e. The Balaban J connectivity index is 2.66. The van der Waals surface area contributed by atoms with Gasteiger partial charge >= 0.3 is 0 Å². The van der Waals surface area contributed by atoms with Crippen molar-refractivity contribution < 1.29 is 4.79 Å². The summed E-state index contributed by atoms with van der Waals surface area (Å²) < 4.78 is 0. The van der Waals surface area contributed by atoms with E-state index in [-0.39, 0.29) is 5.91 Å². The SMILES string of the molecule is CC(C)CN(C)Cc1ccsc1C(=O)NN. The molecule has 1 aromatic heterocycles. The van der Waals surface area contributed by atoms with Crippen molar-refractivity contribution in [2.24, 2.45) is 11.8 Å². The highest BCUT2D eigenvalue weighted by Gasteiger charge is 2.13. The molecular weight excluding hydrogens is 222 g/mol. The second kappa shape index (κ2) is 5.98. The highest BCUT2D eigenvalue weighted by atomic mass is 32.1. The molecule has 5 heteroatoms. The number of nitrogens with one attached hydrogen (secondary N) is 1. The molecule has 1 rings (SSSR count). The van der Waals surface area contributed by atoms with Crippen molar-refractivity contribution in [3.63, 3.8) is 0 Å². The summed E-state index contributed by atoms with van der Waals surface area (Å²) in [6.45, 7) is 6.15. The summed E-state index contributed by atoms with van der Waals surface area (Å²) in [5, 5.41) is 1.92. The number of thiophene rings is 1. The van der Waals surface area contributed by atoms with Crippen LogP contribution in [0, 0.1) is 5.92 Å². The zero-order valence-corrected chi connectivity index (χ0v) is 10.8. The first-order chi connectivity index (χ1) is 7.54. The maximum atomic E-state index is 11.5. The van der Waals surface area contributed by atoms with Crippen LogP contribution in [-0.2, 0) is 6.54 Å². The average Bonchev–Trinajstić information content (AvgIpc) is 2.63. The highest BCUT2D eigenvalue weighted by Crippen LogP contribution is 2.18. The first kappa shape index (κ1) is 13.2. The van der Waals surface area contributed by atoms with Crippen LogP contribution in [0.5, 0.6) is 0 Å². The van der Waals surface area contributed by atoms with E-state index in [4.69, 9.17) is 5.84 Å². The molecule has 0 aliphatic heterocycles. The molecule has 0 aliphatic carbocycles. The lowest BCUT2D eigenvalue weighted by Gasteiger charge is -2.18. The Kier molecular flexibility index (Phi) is 4.92. The van der Waals surface area contributed by atoms with Gasteiger partial charge in [-0.15, -0.1) is 11.3 Å². The number of hydrazine groups is 1. The minimum atomic E-state index is -0.206. The van der Waals surface area contributed by atoms with Crippen LogP contribution in [0.2, 0.25) is 0 Å². The van der Waals surface area contributed by atoms with Gasteiger partial charge in [0.15, 0.2) is 0 Å². The molecule has 0 bridgehead atoms. The summed E-state index contributed by atoms with van der Waals surface area (Å²) in [5.74, 6) is 5.55. The zero-order chi connectivity index (χ0) is 12.1. The van der Waals surface area contributed by atoms with E-state index in [1.165, 1.54) is 11.3 Å². The van der Waals surface area contributed by atoms with Gasteiger partial charge in [0.2, 0.25) is 0 Å². The lowest BCUT2D eigenvalue weighted by Crippen LogP contribution is -2.31. The second-order valence-corrected chi connectivity index (χ2v) is 5.26. The molecule has 0 radical (unpaired) electrons. The average molecular weight is 241 g/mol. The maximum Gasteiger partial charge on any atom is 0.275 e. The van der Waals surface area contributed by atoms with Crippen LogP contribution in [-0.4, -0.2) is 24.4 Å². The molecule has 0 aliphatic rings. The van der Waals surface area contributed by atoms with E-state index in [1.807, 2.05) is 11.4 Å². The molecule has 0 saturated carbocycles. The highest BCUT2D eigenvalue weighted by molar-refractivity contribution is 7.12. The molecule has 0 fully saturated rings. The van der Waals surface area contributed by atoms with Crippen molar-refractivity contribution >= 4 is 17.2 Å². The van der Waals surface area contributed by atoms with Crippen molar-refractivity contribution in [3.8, 4) is 0 Å². The lowest BCUT2D eigenvalue weighted by molar-refractivity contribution is 0.0956. The summed E-state index contributed by atoms with van der Waals surface area (Å²) >= 11 is 1.42. The van der Waals surface area contributed by atoms with Gasteiger partial charge < -0.3 is 4.90 Å². The number of rotatable bonds is 5. The molecule has 0 unspecified atom stereocenters. The van der Waals surface area contributed by atoms with Crippen molar-refractivity contribution in [2.45, 2.75) is 20.4 Å². The first-order valence-corrected chi connectivity index (χ1v) is 6.18. The zero-order valence-electron chi connectivity index (χ0n) is 9.99. The molecule has 4 nitrogen and oxygen atoms in total. The fourth-order valence-electron chi connectivity index (χ4n) is 1.70. The molecule has 16 heavy (non-hydrogen) atoms. The molecule has 0 atom stereocenters. The molecule has 0 saturated heterocycles. The number of hydrogen-bond acceptors (Lipinski definition) is 4. The standard InChI is InChI=1S/C11H19N3OS/c1-8(2)6-14(3)7-9-4-5-16-10(9)11(15)13-12/h4-5,8H,6-7,12H2,1-3H3,(H,13,15). The Morgan fingerprint density at radius 2 is 2.31 bits per heavy atom. The van der Waals surface area contributed by atoms with E-state index in [0.29, 0.717) is 10.8 Å². The molecule has 3 N–H and O–H groups in total. The Bertz CT molecular complexity index is 349. The number of nitrogens with two attached hydrogens (primary N) is 1. The molecule has 1 amide bonds. The number of nitrogens with zero attached hydrogens (tertiary/aromatic N) is 1. The maximum absolute atomic E-state index is 11.5. The summed E-state index contributed by atoms with van der Waals surface area (Å²) in [6.07, 6.45) is 0. The van der Waals surface area contributed by atoms with Crippen LogP contribution in [0.3, 0.4) is 0 Å². The van der Waals surface area contributed by atoms with E-state index in [9.17, 15) is 4.79 Å². The summed E-state index contributed by atoms with van der Waals surface area (Å²) in [4.78, 5) is 14.4. The fraction of sp³-hybridized carbons (Fsp3) is 0.545. The van der Waals surface area contributed by atoms with Crippen LogP contribution in [0.15, 0.2) is 11.4 Å². The Hall–Kier alpha value is -0.910. The van der Waals surface area contributed by atoms with Gasteiger partial charge in [-0.3, -0.25) is 10.2 Å². The topological polar surface area (TPSA) is 58.4 Å². The largest absolute Gasteiger partial charge is 0.302 e. The first-order valence-electron chi connectivity index (χ1n) is 5.30. The van der Waals surface area contributed by atoms with Crippen LogP contribution in [0.25, 0.3) is 0 Å². The van der Waals surface area contributed by atoms with Gasteiger partial charge in [0.25, 0.3) is 5.91 Å². The van der Waals surface area contributed by atoms with Crippen molar-refractivity contribution in [3.05, 3.63) is 21.9 Å². The number of amides is 1. The van der Waals surface area contributed by atoms with Crippen LogP contribution in [0.1, 0.15) is 29.1 Å². The number of hydrogen-bond donors (Lipinski definition) is 2. The predicted molar refractivity (Wildman–Crippen MR) is 67.1 cm³/mol. The quantitative estimate of drug-likeness (QED) is 0.466. The van der Waals surface area contributed by atoms with Gasteiger partial charge in [-0.2, -0.15) is 0 Å². The Labute approximate surface area is 100 Å². The fourth-order valence-corrected chi connectivity index (χ4v) is 2.52. The summed E-state index contributed by atoms with van der Waals surface area (Å²) in [5.41, 5.74) is 3.21. The number of carbonyl (C=O) groups excluding carboxylic acids is 1. The van der Waals surface area contributed by atoms with Gasteiger partial charge in [-0.05, 0) is 30.0 Å². The van der Waals surface area contributed by atoms with Gasteiger partial charge in [0.05, 0.1) is 4.88 Å². The van der Waals surface area contributed by atoms with Gasteiger partial charge in [0, 0.05) is 13.1 Å². The third kappa shape index (κ3) is 3.59. The monoisotopic (exact) mass is 241 g/mol. The Morgan fingerprint density at radius 1 is 1.62 bits per heavy atom. The van der Waals surface area contributed by atoms with Crippen molar-refractivity contribution in [2.75, 3.05) is 13.6 Å². The van der Waals surface area contributed by atoms with E-state index < -0.39 is 0 Å². The van der Waals surface area contributed by atoms with Gasteiger partial charge in [-0.25, -0.2) is 5.84 Å². The van der Waals surface area contributed by atoms with Crippen molar-refractivity contribution in [1.82, 2.24) is 10.3 Å². The molecular formula is C11H19N3OS. The third-order valence-electron chi connectivity index (χ3n) is 2.20. The Morgan fingerprint density at radius 3 is 2.88 bits per heavy atom. The van der Waals surface area contributed by atoms with E-state index >= 15 is 0 Å². The second-order valence-electron chi connectivity index (χ2n) is 4.34. The van der Waals surface area contributed by atoms with E-state index in [1.54, 1.807) is 0 Å². The minimum Gasteiger partial charge on any atom is -0.302 e. The van der Waals surface area contributed by atoms with Crippen molar-refractivity contribution in [1.29, 1.82) is 0 Å². The van der Waals surface area contributed by atoms with E-state index in [2.05, 4.69) is 31.2 Å².